The van der Waals surface area contributed by atoms with E-state index in [1.165, 1.54) is 22.6 Å². The van der Waals surface area contributed by atoms with Crippen molar-refractivity contribution in [3.8, 4) is 5.88 Å². The number of hydrogen-bond donors (Lipinski definition) is 1. The summed E-state index contributed by atoms with van der Waals surface area (Å²) in [6.45, 7) is 1.62. The number of β-amino-alcohol motifs (C(OH)–C–C–N with tert-alkyl or cyclic N) is 1. The lowest BCUT2D eigenvalue weighted by Gasteiger charge is -2.36. The molecule has 3 aromatic rings. The number of aromatic nitrogens is 1. The van der Waals surface area contributed by atoms with Crippen molar-refractivity contribution < 1.29 is 23.1 Å². The van der Waals surface area contributed by atoms with Gasteiger partial charge in [0.05, 0.1) is 33.2 Å². The zero-order valence-electron chi connectivity index (χ0n) is 20.1. The SMILES string of the molecule is O=C(Cc1cnc2c(c1)N(S(=O)(=O)c1cccc(Cl)c1)C[C@H](CN1CC[C@@H](O)C1)O2)c1c(Cl)cccc1Cl. The summed E-state index contributed by atoms with van der Waals surface area (Å²) in [5, 5.41) is 10.7. The molecule has 2 aliphatic rings. The Morgan fingerprint density at radius 1 is 1.08 bits per heavy atom. The van der Waals surface area contributed by atoms with Crippen LogP contribution in [0, 0.1) is 0 Å². The van der Waals surface area contributed by atoms with Crippen molar-refractivity contribution in [3.05, 3.63) is 80.9 Å². The first-order chi connectivity index (χ1) is 18.1. The fraction of sp³-hybridized carbons (Fsp3) is 0.308. The van der Waals surface area contributed by atoms with Crippen LogP contribution in [0.2, 0.25) is 15.1 Å². The van der Waals surface area contributed by atoms with Crippen LogP contribution < -0.4 is 9.04 Å². The van der Waals surface area contributed by atoms with Crippen LogP contribution in [0.1, 0.15) is 22.3 Å². The molecular formula is C26H24Cl3N3O5S. The summed E-state index contributed by atoms with van der Waals surface area (Å²) in [6.07, 6.45) is 1.10. The number of Topliss-reactive ketones (excluding diaryl/α,β-unsaturated/α-hetero) is 1. The van der Waals surface area contributed by atoms with Crippen LogP contribution in [0.15, 0.2) is 59.6 Å². The van der Waals surface area contributed by atoms with Crippen molar-refractivity contribution in [1.29, 1.82) is 0 Å². The van der Waals surface area contributed by atoms with Gasteiger partial charge in [0.15, 0.2) is 5.78 Å². The molecule has 1 N–H and O–H groups in total. The average Bonchev–Trinajstić information content (AvgIpc) is 3.28. The van der Waals surface area contributed by atoms with E-state index >= 15 is 0 Å². The van der Waals surface area contributed by atoms with E-state index in [0.717, 1.165) is 0 Å². The molecule has 0 amide bonds. The Kier molecular flexibility index (Phi) is 7.86. The highest BCUT2D eigenvalue weighted by atomic mass is 35.5. The van der Waals surface area contributed by atoms with Crippen LogP contribution in [-0.2, 0) is 16.4 Å². The second-order valence-corrected chi connectivity index (χ2v) is 12.4. The molecule has 1 saturated heterocycles. The summed E-state index contributed by atoms with van der Waals surface area (Å²) in [6, 6.07) is 12.4. The number of ketones is 1. The molecule has 1 fully saturated rings. The minimum absolute atomic E-state index is 0.0177. The van der Waals surface area contributed by atoms with Gasteiger partial charge in [-0.2, -0.15) is 0 Å². The summed E-state index contributed by atoms with van der Waals surface area (Å²) in [7, 11) is -4.05. The maximum Gasteiger partial charge on any atom is 0.264 e. The number of fused-ring (bicyclic) bond motifs is 1. The van der Waals surface area contributed by atoms with Crippen LogP contribution >= 0.6 is 34.8 Å². The van der Waals surface area contributed by atoms with E-state index in [2.05, 4.69) is 4.98 Å². The second-order valence-electron chi connectivity index (χ2n) is 9.30. The summed E-state index contributed by atoms with van der Waals surface area (Å²) in [5.41, 5.74) is 0.889. The molecule has 8 nitrogen and oxygen atoms in total. The topological polar surface area (TPSA) is 100 Å². The molecule has 1 aromatic heterocycles. The predicted octanol–water partition coefficient (Wildman–Crippen LogP) is 4.49. The number of ether oxygens (including phenoxy) is 1. The van der Waals surface area contributed by atoms with Gasteiger partial charge in [-0.25, -0.2) is 13.4 Å². The van der Waals surface area contributed by atoms with E-state index in [4.69, 9.17) is 39.5 Å². The summed E-state index contributed by atoms with van der Waals surface area (Å²) in [5.74, 6) is -0.188. The zero-order chi connectivity index (χ0) is 27.0. The molecular weight excluding hydrogens is 573 g/mol. The third-order valence-corrected chi connectivity index (χ3v) is 9.15. The number of nitrogens with zero attached hydrogens (tertiary/aromatic N) is 3. The molecule has 0 radical (unpaired) electrons. The van der Waals surface area contributed by atoms with Gasteiger partial charge >= 0.3 is 0 Å². The van der Waals surface area contributed by atoms with Crippen molar-refractivity contribution in [1.82, 2.24) is 9.88 Å². The highest BCUT2D eigenvalue weighted by Crippen LogP contribution is 2.37. The largest absolute Gasteiger partial charge is 0.470 e. The van der Waals surface area contributed by atoms with Crippen molar-refractivity contribution in [2.75, 3.05) is 30.5 Å². The molecule has 38 heavy (non-hydrogen) atoms. The number of rotatable bonds is 7. The lowest BCUT2D eigenvalue weighted by atomic mass is 10.0. The van der Waals surface area contributed by atoms with Gasteiger partial charge in [0.2, 0.25) is 5.88 Å². The maximum absolute atomic E-state index is 13.8. The molecule has 0 unspecified atom stereocenters. The molecule has 0 bridgehead atoms. The Bertz CT molecular complexity index is 1470. The first-order valence-corrected chi connectivity index (χ1v) is 14.5. The Morgan fingerprint density at radius 2 is 1.82 bits per heavy atom. The fourth-order valence-electron chi connectivity index (χ4n) is 4.71. The zero-order valence-corrected chi connectivity index (χ0v) is 23.1. The number of aliphatic hydroxyl groups is 1. The minimum atomic E-state index is -4.05. The average molecular weight is 597 g/mol. The number of aliphatic hydroxyl groups excluding tert-OH is 1. The third-order valence-electron chi connectivity index (χ3n) is 6.51. The molecule has 2 aliphatic heterocycles. The molecule has 3 heterocycles. The lowest BCUT2D eigenvalue weighted by molar-refractivity contribution is 0.0992. The Labute approximate surface area is 235 Å². The highest BCUT2D eigenvalue weighted by molar-refractivity contribution is 7.92. The summed E-state index contributed by atoms with van der Waals surface area (Å²) < 4.78 is 35.0. The van der Waals surface area contributed by atoms with E-state index in [-0.39, 0.29) is 55.8 Å². The Morgan fingerprint density at radius 3 is 2.50 bits per heavy atom. The first-order valence-electron chi connectivity index (χ1n) is 11.9. The Hall–Kier alpha value is -2.40. The molecule has 0 aliphatic carbocycles. The summed E-state index contributed by atoms with van der Waals surface area (Å²) in [4.78, 5) is 19.5. The van der Waals surface area contributed by atoms with E-state index in [1.807, 2.05) is 4.90 Å². The van der Waals surface area contributed by atoms with Crippen LogP contribution in [0.3, 0.4) is 0 Å². The molecule has 12 heteroatoms. The minimum Gasteiger partial charge on any atom is -0.470 e. The number of likely N-dealkylation sites (tertiary alicyclic amines) is 1. The van der Waals surface area contributed by atoms with Gasteiger partial charge in [0, 0.05) is 37.3 Å². The lowest BCUT2D eigenvalue weighted by Crippen LogP contribution is -2.48. The number of halogens is 3. The van der Waals surface area contributed by atoms with Crippen LogP contribution in [0.4, 0.5) is 5.69 Å². The van der Waals surface area contributed by atoms with Crippen LogP contribution in [-0.4, -0.2) is 67.6 Å². The van der Waals surface area contributed by atoms with Crippen molar-refractivity contribution in [2.45, 2.75) is 29.9 Å². The highest BCUT2D eigenvalue weighted by Gasteiger charge is 2.37. The number of hydrogen-bond acceptors (Lipinski definition) is 7. The van der Waals surface area contributed by atoms with Gasteiger partial charge in [-0.15, -0.1) is 0 Å². The van der Waals surface area contributed by atoms with E-state index in [1.54, 1.807) is 36.4 Å². The number of carbonyl (C=O) groups excluding carboxylic acids is 1. The monoisotopic (exact) mass is 595 g/mol. The Balaban J connectivity index is 1.49. The van der Waals surface area contributed by atoms with E-state index in [0.29, 0.717) is 31.6 Å². The second kappa shape index (κ2) is 11.0. The van der Waals surface area contributed by atoms with Gasteiger partial charge < -0.3 is 9.84 Å². The predicted molar refractivity (Wildman–Crippen MR) is 146 cm³/mol. The first kappa shape index (κ1) is 27.2. The number of carbonyl (C=O) groups is 1. The molecule has 200 valence electrons. The number of benzene rings is 2. The van der Waals surface area contributed by atoms with Crippen LogP contribution in [0.25, 0.3) is 0 Å². The standard InChI is InChI=1S/C26H24Cl3N3O5S/c27-17-3-1-4-20(11-17)38(35,36)32-15-19(14-31-8-7-18(33)13-31)37-26-23(32)9-16(12-30-26)10-24(34)25-21(28)5-2-6-22(25)29/h1-6,9,11-12,18-19,33H,7-8,10,13-15H2/t18-,19+/m1/s1. The van der Waals surface area contributed by atoms with Gasteiger partial charge in [-0.3, -0.25) is 14.0 Å². The number of pyridine rings is 1. The molecule has 0 spiro atoms. The van der Waals surface area contributed by atoms with Crippen molar-refractivity contribution in [3.63, 3.8) is 0 Å². The molecule has 5 rings (SSSR count). The third kappa shape index (κ3) is 5.64. The van der Waals surface area contributed by atoms with Gasteiger partial charge in [-0.05, 0) is 48.4 Å². The summed E-state index contributed by atoms with van der Waals surface area (Å²) >= 11 is 18.5. The van der Waals surface area contributed by atoms with Gasteiger partial charge in [0.25, 0.3) is 10.0 Å². The van der Waals surface area contributed by atoms with E-state index in [9.17, 15) is 18.3 Å². The van der Waals surface area contributed by atoms with E-state index < -0.39 is 22.2 Å². The maximum atomic E-state index is 13.8. The van der Waals surface area contributed by atoms with Gasteiger partial charge in [0.1, 0.15) is 11.8 Å². The number of sulfonamides is 1. The van der Waals surface area contributed by atoms with Gasteiger partial charge in [-0.1, -0.05) is 46.9 Å². The molecule has 2 aromatic carbocycles. The molecule has 2 atom stereocenters. The van der Waals surface area contributed by atoms with Crippen molar-refractivity contribution in [2.24, 2.45) is 0 Å². The normalized spacial score (nSPS) is 19.7. The van der Waals surface area contributed by atoms with Crippen molar-refractivity contribution >= 4 is 56.3 Å². The van der Waals surface area contributed by atoms with Crippen LogP contribution in [0.5, 0.6) is 5.88 Å². The number of anilines is 1. The quantitative estimate of drug-likeness (QED) is 0.401. The smallest absolute Gasteiger partial charge is 0.264 e. The molecule has 0 saturated carbocycles. The fourth-order valence-corrected chi connectivity index (χ4v) is 7.10.